The molecule has 0 aliphatic heterocycles. The Kier molecular flexibility index (Phi) is 5.59. The zero-order valence-corrected chi connectivity index (χ0v) is 17.4. The first-order chi connectivity index (χ1) is 13.6. The molecule has 0 aliphatic carbocycles. The molecule has 8 heteroatoms. The van der Waals surface area contributed by atoms with E-state index in [4.69, 9.17) is 9.15 Å². The van der Waals surface area contributed by atoms with E-state index in [0.717, 1.165) is 20.8 Å². The topological polar surface area (TPSA) is 93.9 Å². The van der Waals surface area contributed by atoms with E-state index in [1.165, 1.54) is 50.5 Å². The quantitative estimate of drug-likeness (QED) is 0.361. The van der Waals surface area contributed by atoms with Crippen LogP contribution in [0.15, 0.2) is 56.6 Å². The van der Waals surface area contributed by atoms with Crippen molar-refractivity contribution >= 4 is 27.0 Å². The second kappa shape index (κ2) is 7.81. The summed E-state index contributed by atoms with van der Waals surface area (Å²) in [5, 5.41) is 0.777. The lowest BCUT2D eigenvalue weighted by molar-refractivity contribution is 0.0733. The van der Waals surface area contributed by atoms with E-state index < -0.39 is 21.6 Å². The molecule has 0 unspecified atom stereocenters. The Morgan fingerprint density at radius 2 is 1.76 bits per heavy atom. The number of carbonyl (C=O) groups excluding carboxylic acids is 1. The van der Waals surface area contributed by atoms with Crippen molar-refractivity contribution in [1.29, 1.82) is 0 Å². The Morgan fingerprint density at radius 3 is 2.34 bits per heavy atom. The summed E-state index contributed by atoms with van der Waals surface area (Å²) in [5.41, 5.74) is 1.63. The van der Waals surface area contributed by atoms with Gasteiger partial charge in [-0.15, -0.1) is 0 Å². The first kappa shape index (κ1) is 20.8. The van der Waals surface area contributed by atoms with Crippen LogP contribution in [0.2, 0.25) is 0 Å². The van der Waals surface area contributed by atoms with Crippen molar-refractivity contribution < 1.29 is 22.4 Å². The van der Waals surface area contributed by atoms with Gasteiger partial charge >= 0.3 is 11.6 Å². The van der Waals surface area contributed by atoms with Crippen LogP contribution < -0.4 is 10.4 Å². The predicted octanol–water partition coefficient (Wildman–Crippen LogP) is 3.13. The minimum Gasteiger partial charge on any atom is -0.423 e. The van der Waals surface area contributed by atoms with Gasteiger partial charge in [-0.2, -0.15) is 0 Å². The third-order valence-electron chi connectivity index (χ3n) is 4.58. The van der Waals surface area contributed by atoms with Crippen LogP contribution in [0.4, 0.5) is 0 Å². The fourth-order valence-electron chi connectivity index (χ4n) is 2.89. The Morgan fingerprint density at radius 1 is 1.10 bits per heavy atom. The maximum absolute atomic E-state index is 12.6. The van der Waals surface area contributed by atoms with Gasteiger partial charge in [-0.25, -0.2) is 22.3 Å². The van der Waals surface area contributed by atoms with Gasteiger partial charge in [0.05, 0.1) is 10.5 Å². The van der Waals surface area contributed by atoms with Gasteiger partial charge in [-0.3, -0.25) is 0 Å². The minimum absolute atomic E-state index is 0.0799. The number of ether oxygens (including phenoxy) is 1. The van der Waals surface area contributed by atoms with Crippen LogP contribution in [0.5, 0.6) is 5.75 Å². The average molecular weight is 415 g/mol. The molecule has 1 heterocycles. The highest BCUT2D eigenvalue weighted by molar-refractivity contribution is 7.89. The number of rotatable bonds is 5. The maximum atomic E-state index is 12.6. The second-order valence-electron chi connectivity index (χ2n) is 6.76. The lowest BCUT2D eigenvalue weighted by Crippen LogP contribution is -2.22. The highest BCUT2D eigenvalue weighted by Crippen LogP contribution is 2.28. The summed E-state index contributed by atoms with van der Waals surface area (Å²) in [7, 11) is -0.714. The van der Waals surface area contributed by atoms with Crippen LogP contribution in [0.1, 0.15) is 28.4 Å². The highest BCUT2D eigenvalue weighted by atomic mass is 32.2. The number of nitrogens with zero attached hydrogens (tertiary/aromatic N) is 1. The Hall–Kier alpha value is -2.97. The molecule has 0 saturated carbocycles. The molecule has 0 spiro atoms. The number of hydrogen-bond acceptors (Lipinski definition) is 6. The summed E-state index contributed by atoms with van der Waals surface area (Å²) in [6.45, 7) is 3.74. The van der Waals surface area contributed by atoms with E-state index in [9.17, 15) is 18.0 Å². The van der Waals surface area contributed by atoms with Crippen molar-refractivity contribution in [3.63, 3.8) is 0 Å². The normalized spacial score (nSPS) is 11.8. The summed E-state index contributed by atoms with van der Waals surface area (Å²) in [6.07, 6.45) is 0.608. The molecule has 0 amide bonds. The van der Waals surface area contributed by atoms with Gasteiger partial charge in [-0.05, 0) is 54.8 Å². The molecule has 3 aromatic rings. The largest absolute Gasteiger partial charge is 0.423 e. The fourth-order valence-corrected chi connectivity index (χ4v) is 3.80. The molecule has 0 fully saturated rings. The molecule has 0 N–H and O–H groups in total. The molecular weight excluding hydrogens is 394 g/mol. The second-order valence-corrected chi connectivity index (χ2v) is 8.91. The molecular formula is C21H21NO6S. The fraction of sp³-hybridized carbons (Fsp3) is 0.238. The monoisotopic (exact) mass is 415 g/mol. The molecule has 29 heavy (non-hydrogen) atoms. The van der Waals surface area contributed by atoms with E-state index in [1.54, 1.807) is 0 Å². The number of benzene rings is 2. The van der Waals surface area contributed by atoms with Crippen LogP contribution in [-0.4, -0.2) is 32.8 Å². The third-order valence-corrected chi connectivity index (χ3v) is 6.41. The number of sulfonamides is 1. The molecule has 7 nitrogen and oxygen atoms in total. The lowest BCUT2D eigenvalue weighted by atomic mass is 10.1. The molecule has 1 aromatic heterocycles. The molecule has 2 aromatic carbocycles. The zero-order chi connectivity index (χ0) is 21.3. The van der Waals surface area contributed by atoms with E-state index in [2.05, 4.69) is 0 Å². The minimum atomic E-state index is -3.58. The van der Waals surface area contributed by atoms with E-state index in [1.807, 2.05) is 19.9 Å². The lowest BCUT2D eigenvalue weighted by Gasteiger charge is -2.13. The average Bonchev–Trinajstić information content (AvgIpc) is 2.67. The molecule has 0 saturated heterocycles. The van der Waals surface area contributed by atoms with Crippen molar-refractivity contribution in [2.75, 3.05) is 14.1 Å². The van der Waals surface area contributed by atoms with Crippen molar-refractivity contribution in [2.24, 2.45) is 0 Å². The summed E-state index contributed by atoms with van der Waals surface area (Å²) >= 11 is 0. The van der Waals surface area contributed by atoms with E-state index >= 15 is 0 Å². The van der Waals surface area contributed by atoms with E-state index in [-0.39, 0.29) is 10.5 Å². The zero-order valence-electron chi connectivity index (χ0n) is 16.6. The Bertz CT molecular complexity index is 1240. The van der Waals surface area contributed by atoms with Gasteiger partial charge in [0, 0.05) is 31.6 Å². The Labute approximate surface area is 168 Å². The van der Waals surface area contributed by atoms with E-state index in [0.29, 0.717) is 17.8 Å². The summed E-state index contributed by atoms with van der Waals surface area (Å²) in [5.74, 6) is -0.341. The van der Waals surface area contributed by atoms with Crippen molar-refractivity contribution in [3.05, 3.63) is 69.6 Å². The number of hydrogen-bond donors (Lipinski definition) is 0. The molecule has 0 atom stereocenters. The molecule has 0 aliphatic rings. The summed E-state index contributed by atoms with van der Waals surface area (Å²) in [6, 6.07) is 10.3. The highest BCUT2D eigenvalue weighted by Gasteiger charge is 2.19. The third kappa shape index (κ3) is 4.08. The molecule has 3 rings (SSSR count). The number of aryl methyl sites for hydroxylation is 2. The first-order valence-electron chi connectivity index (χ1n) is 8.95. The Balaban J connectivity index is 1.94. The van der Waals surface area contributed by atoms with Gasteiger partial charge in [0.2, 0.25) is 10.0 Å². The number of esters is 1. The molecule has 0 radical (unpaired) electrons. The standard InChI is InChI=1S/C21H21NO6S/c1-5-14-11-17-13(2)10-20(23)27-19(17)12-18(14)28-21(24)15-6-8-16(9-7-15)29(25,26)22(3)4/h6-12H,5H2,1-4H3. The van der Waals surface area contributed by atoms with Crippen molar-refractivity contribution in [2.45, 2.75) is 25.2 Å². The van der Waals surface area contributed by atoms with Gasteiger partial charge < -0.3 is 9.15 Å². The summed E-state index contributed by atoms with van der Waals surface area (Å²) < 4.78 is 36.1. The maximum Gasteiger partial charge on any atom is 0.343 e. The number of carbonyl (C=O) groups is 1. The first-order valence-corrected chi connectivity index (χ1v) is 10.4. The van der Waals surface area contributed by atoms with Crippen LogP contribution >= 0.6 is 0 Å². The van der Waals surface area contributed by atoms with Crippen molar-refractivity contribution in [1.82, 2.24) is 4.31 Å². The van der Waals surface area contributed by atoms with Gasteiger partial charge in [0.25, 0.3) is 0 Å². The van der Waals surface area contributed by atoms with Crippen LogP contribution in [0, 0.1) is 6.92 Å². The smallest absolute Gasteiger partial charge is 0.343 e. The summed E-state index contributed by atoms with van der Waals surface area (Å²) in [4.78, 5) is 24.3. The molecule has 152 valence electrons. The van der Waals surface area contributed by atoms with Gasteiger partial charge in [-0.1, -0.05) is 6.92 Å². The van der Waals surface area contributed by atoms with Crippen LogP contribution in [0.3, 0.4) is 0 Å². The predicted molar refractivity (Wildman–Crippen MR) is 109 cm³/mol. The van der Waals surface area contributed by atoms with Gasteiger partial charge in [0.1, 0.15) is 11.3 Å². The SMILES string of the molecule is CCc1cc2c(C)cc(=O)oc2cc1OC(=O)c1ccc(S(=O)(=O)N(C)C)cc1. The van der Waals surface area contributed by atoms with Crippen LogP contribution in [0.25, 0.3) is 11.0 Å². The van der Waals surface area contributed by atoms with Crippen LogP contribution in [-0.2, 0) is 16.4 Å². The van der Waals surface area contributed by atoms with Crippen molar-refractivity contribution in [3.8, 4) is 5.75 Å². The number of fused-ring (bicyclic) bond motifs is 1. The molecule has 0 bridgehead atoms. The van der Waals surface area contributed by atoms with Gasteiger partial charge in [0.15, 0.2) is 0 Å².